The fourth-order valence-corrected chi connectivity index (χ4v) is 2.99. The maximum atomic E-state index is 4.10. The largest absolute Gasteiger partial charge is 0.385 e. The Morgan fingerprint density at radius 2 is 1.82 bits per heavy atom. The Bertz CT molecular complexity index is 529. The number of benzene rings is 1. The minimum Gasteiger partial charge on any atom is -0.385 e. The third kappa shape index (κ3) is 4.48. The summed E-state index contributed by atoms with van der Waals surface area (Å²) in [4.78, 5) is 3.94. The Labute approximate surface area is 132 Å². The molecule has 1 aliphatic carbocycles. The predicted octanol–water partition coefficient (Wildman–Crippen LogP) is 3.52. The summed E-state index contributed by atoms with van der Waals surface area (Å²) in [6.07, 6.45) is 11.1. The maximum absolute atomic E-state index is 4.10. The zero-order valence-electron chi connectivity index (χ0n) is 13.0. The van der Waals surface area contributed by atoms with Gasteiger partial charge < -0.3 is 10.6 Å². The van der Waals surface area contributed by atoms with E-state index in [9.17, 15) is 0 Å². The number of anilines is 2. The number of aromatic nitrogens is 3. The summed E-state index contributed by atoms with van der Waals surface area (Å²) in [5, 5.41) is 11.2. The molecule has 0 bridgehead atoms. The maximum Gasteiger partial charge on any atom is 0.137 e. The summed E-state index contributed by atoms with van der Waals surface area (Å²) in [6, 6.07) is 9.32. The van der Waals surface area contributed by atoms with Crippen molar-refractivity contribution < 1.29 is 0 Å². The average molecular weight is 299 g/mol. The first-order valence-corrected chi connectivity index (χ1v) is 8.33. The van der Waals surface area contributed by atoms with Gasteiger partial charge in [-0.05, 0) is 43.5 Å². The van der Waals surface area contributed by atoms with Crippen molar-refractivity contribution in [3.63, 3.8) is 0 Å². The lowest BCUT2D eigenvalue weighted by Gasteiger charge is -2.24. The second-order valence-corrected chi connectivity index (χ2v) is 6.00. The molecular formula is C17H25N5. The summed E-state index contributed by atoms with van der Waals surface area (Å²) in [5.41, 5.74) is 2.41. The number of nitrogens with one attached hydrogen (secondary N) is 2. The Hall–Kier alpha value is -2.04. The highest BCUT2D eigenvalue weighted by molar-refractivity contribution is 5.54. The fraction of sp³-hybridized carbons (Fsp3) is 0.529. The van der Waals surface area contributed by atoms with E-state index in [1.54, 1.807) is 12.7 Å². The molecule has 1 aromatic heterocycles. The van der Waals surface area contributed by atoms with E-state index in [2.05, 4.69) is 45.0 Å². The predicted molar refractivity (Wildman–Crippen MR) is 90.1 cm³/mol. The highest BCUT2D eigenvalue weighted by Gasteiger charge is 2.12. The molecule has 0 radical (unpaired) electrons. The highest BCUT2D eigenvalue weighted by atomic mass is 15.3. The van der Waals surface area contributed by atoms with E-state index in [-0.39, 0.29) is 0 Å². The molecule has 0 atom stereocenters. The van der Waals surface area contributed by atoms with Crippen molar-refractivity contribution in [3.8, 4) is 0 Å². The third-order valence-electron chi connectivity index (χ3n) is 4.22. The lowest BCUT2D eigenvalue weighted by atomic mass is 9.95. The second-order valence-electron chi connectivity index (χ2n) is 6.00. The molecule has 2 aromatic rings. The van der Waals surface area contributed by atoms with Crippen molar-refractivity contribution in [2.24, 2.45) is 0 Å². The molecule has 0 spiro atoms. The van der Waals surface area contributed by atoms with Crippen LogP contribution in [0.1, 0.15) is 38.5 Å². The van der Waals surface area contributed by atoms with Crippen molar-refractivity contribution >= 4 is 11.4 Å². The van der Waals surface area contributed by atoms with Crippen molar-refractivity contribution in [1.82, 2.24) is 14.8 Å². The molecule has 1 aliphatic rings. The number of nitrogens with zero attached hydrogens (tertiary/aromatic N) is 3. The molecule has 1 saturated carbocycles. The molecule has 5 heteroatoms. The van der Waals surface area contributed by atoms with Crippen LogP contribution < -0.4 is 10.6 Å². The van der Waals surface area contributed by atoms with Gasteiger partial charge in [-0.2, -0.15) is 5.10 Å². The first-order chi connectivity index (χ1) is 10.9. The quantitative estimate of drug-likeness (QED) is 0.768. The van der Waals surface area contributed by atoms with Crippen LogP contribution >= 0.6 is 0 Å². The monoisotopic (exact) mass is 299 g/mol. The SMILES string of the molecule is c1ncn(CCCNc2ccc(NC3CCCCC3)cc2)n1. The molecule has 118 valence electrons. The first kappa shape index (κ1) is 14.9. The average Bonchev–Trinajstić information content (AvgIpc) is 3.07. The van der Waals surface area contributed by atoms with Gasteiger partial charge in [0.15, 0.2) is 0 Å². The molecule has 1 heterocycles. The van der Waals surface area contributed by atoms with E-state index in [0.29, 0.717) is 6.04 Å². The first-order valence-electron chi connectivity index (χ1n) is 8.33. The van der Waals surface area contributed by atoms with Crippen molar-refractivity contribution in [2.75, 3.05) is 17.2 Å². The normalized spacial score (nSPS) is 15.6. The van der Waals surface area contributed by atoms with Crippen LogP contribution in [0.2, 0.25) is 0 Å². The summed E-state index contributed by atoms with van der Waals surface area (Å²) in [7, 11) is 0. The van der Waals surface area contributed by atoms with Gasteiger partial charge in [0.1, 0.15) is 12.7 Å². The fourth-order valence-electron chi connectivity index (χ4n) is 2.99. The van der Waals surface area contributed by atoms with E-state index in [4.69, 9.17) is 0 Å². The summed E-state index contributed by atoms with van der Waals surface area (Å²) in [6.45, 7) is 1.84. The van der Waals surface area contributed by atoms with E-state index in [0.717, 1.165) is 19.5 Å². The van der Waals surface area contributed by atoms with Crippen LogP contribution in [0.25, 0.3) is 0 Å². The minimum absolute atomic E-state index is 0.662. The molecule has 0 aliphatic heterocycles. The Balaban J connectivity index is 1.39. The Morgan fingerprint density at radius 1 is 1.05 bits per heavy atom. The van der Waals surface area contributed by atoms with Gasteiger partial charge in [0.25, 0.3) is 0 Å². The van der Waals surface area contributed by atoms with Crippen molar-refractivity contribution in [3.05, 3.63) is 36.9 Å². The van der Waals surface area contributed by atoms with E-state index in [1.165, 1.54) is 43.5 Å². The topological polar surface area (TPSA) is 54.8 Å². The van der Waals surface area contributed by atoms with Crippen LogP contribution in [0.3, 0.4) is 0 Å². The van der Waals surface area contributed by atoms with E-state index in [1.807, 2.05) is 4.68 Å². The summed E-state index contributed by atoms with van der Waals surface area (Å²) in [5.74, 6) is 0. The van der Waals surface area contributed by atoms with Gasteiger partial charge in [-0.25, -0.2) is 4.98 Å². The lowest BCUT2D eigenvalue weighted by Crippen LogP contribution is -2.22. The van der Waals surface area contributed by atoms with Crippen LogP contribution in [0, 0.1) is 0 Å². The highest BCUT2D eigenvalue weighted by Crippen LogP contribution is 2.22. The van der Waals surface area contributed by atoms with E-state index >= 15 is 0 Å². The number of hydrogen-bond donors (Lipinski definition) is 2. The summed E-state index contributed by atoms with van der Waals surface area (Å²) < 4.78 is 1.86. The molecule has 0 saturated heterocycles. The van der Waals surface area contributed by atoms with Gasteiger partial charge in [0, 0.05) is 30.5 Å². The molecule has 5 nitrogen and oxygen atoms in total. The molecule has 0 unspecified atom stereocenters. The molecule has 22 heavy (non-hydrogen) atoms. The van der Waals surface area contributed by atoms with Gasteiger partial charge in [0.2, 0.25) is 0 Å². The van der Waals surface area contributed by atoms with Gasteiger partial charge >= 0.3 is 0 Å². The van der Waals surface area contributed by atoms with Crippen LogP contribution in [0.5, 0.6) is 0 Å². The summed E-state index contributed by atoms with van der Waals surface area (Å²) >= 11 is 0. The standard InChI is InChI=1S/C17H25N5/c1-2-5-16(6-3-1)21-17-9-7-15(8-10-17)19-11-4-12-22-14-18-13-20-22/h7-10,13-14,16,19,21H,1-6,11-12H2. The van der Waals surface area contributed by atoms with Crippen LogP contribution in [0.15, 0.2) is 36.9 Å². The van der Waals surface area contributed by atoms with Crippen molar-refractivity contribution in [2.45, 2.75) is 51.1 Å². The Kier molecular flexibility index (Phi) is 5.29. The third-order valence-corrected chi connectivity index (χ3v) is 4.22. The molecule has 3 rings (SSSR count). The van der Waals surface area contributed by atoms with E-state index < -0.39 is 0 Å². The number of aryl methyl sites for hydroxylation is 1. The van der Waals surface area contributed by atoms with Crippen LogP contribution in [0.4, 0.5) is 11.4 Å². The molecule has 2 N–H and O–H groups in total. The van der Waals surface area contributed by atoms with Crippen LogP contribution in [-0.4, -0.2) is 27.4 Å². The number of rotatable bonds is 7. The molecule has 0 amide bonds. The molecule has 1 aromatic carbocycles. The lowest BCUT2D eigenvalue weighted by molar-refractivity contribution is 0.463. The number of hydrogen-bond acceptors (Lipinski definition) is 4. The Morgan fingerprint density at radius 3 is 2.55 bits per heavy atom. The minimum atomic E-state index is 0.662. The van der Waals surface area contributed by atoms with Gasteiger partial charge in [-0.1, -0.05) is 19.3 Å². The van der Waals surface area contributed by atoms with Gasteiger partial charge in [0.05, 0.1) is 0 Å². The van der Waals surface area contributed by atoms with Gasteiger partial charge in [-0.3, -0.25) is 4.68 Å². The molecular weight excluding hydrogens is 274 g/mol. The van der Waals surface area contributed by atoms with Crippen molar-refractivity contribution in [1.29, 1.82) is 0 Å². The zero-order valence-corrected chi connectivity index (χ0v) is 13.0. The van der Waals surface area contributed by atoms with Gasteiger partial charge in [-0.15, -0.1) is 0 Å². The smallest absolute Gasteiger partial charge is 0.137 e. The van der Waals surface area contributed by atoms with Crippen LogP contribution in [-0.2, 0) is 6.54 Å². The zero-order chi connectivity index (χ0) is 15.0. The molecule has 1 fully saturated rings. The second kappa shape index (κ2) is 7.82.